The van der Waals surface area contributed by atoms with Crippen LogP contribution in [0.1, 0.15) is 31.9 Å². The zero-order valence-corrected chi connectivity index (χ0v) is 50.6. The number of furan rings is 3. The van der Waals surface area contributed by atoms with E-state index < -0.39 is 0 Å². The second-order valence-electron chi connectivity index (χ2n) is 22.8. The Morgan fingerprint density at radius 1 is 0.395 bits per heavy atom. The molecule has 12 nitrogen and oxygen atoms in total. The fourth-order valence-electron chi connectivity index (χ4n) is 13.0. The Morgan fingerprint density at radius 2 is 0.849 bits per heavy atom. The number of benzene rings is 3. The van der Waals surface area contributed by atoms with Gasteiger partial charge in [-0.15, -0.1) is 0 Å². The average Bonchev–Trinajstić information content (AvgIpc) is 1.71. The minimum atomic E-state index is 0.167. The first-order valence-electron chi connectivity index (χ1n) is 29.5. The van der Waals surface area contributed by atoms with Gasteiger partial charge in [0.25, 0.3) is 17.5 Å². The normalized spacial score (nSPS) is 13.6. The lowest BCUT2D eigenvalue weighted by Crippen LogP contribution is -2.50. The van der Waals surface area contributed by atoms with E-state index in [1.54, 1.807) is 18.6 Å². The molecule has 12 heterocycles. The third-order valence-corrected chi connectivity index (χ3v) is 17.1. The maximum atomic E-state index is 6.14. The van der Waals surface area contributed by atoms with Gasteiger partial charge in [-0.3, -0.25) is 14.4 Å². The van der Waals surface area contributed by atoms with E-state index in [0.29, 0.717) is 17.1 Å². The van der Waals surface area contributed by atoms with Gasteiger partial charge >= 0.3 is 20.5 Å². The molecule has 0 unspecified atom stereocenters. The second kappa shape index (κ2) is 22.5. The number of aromatic nitrogens is 6. The molecular weight excluding hydrogens is 1060 g/mol. The molecule has 3 aliphatic heterocycles. The van der Waals surface area contributed by atoms with Crippen LogP contribution in [-0.2, 0) is 21.1 Å². The van der Waals surface area contributed by atoms with Crippen molar-refractivity contribution in [1.29, 1.82) is 0 Å². The summed E-state index contributed by atoms with van der Waals surface area (Å²) in [4.78, 5) is 20.3. The Hall–Kier alpha value is -10.0. The average molecular weight is 1130 g/mol. The lowest BCUT2D eigenvalue weighted by Gasteiger charge is -2.24. The van der Waals surface area contributed by atoms with Crippen LogP contribution < -0.4 is 60.0 Å². The van der Waals surface area contributed by atoms with Crippen molar-refractivity contribution in [2.45, 2.75) is 55.1 Å². The molecule has 0 spiro atoms. The smallest absolute Gasteiger partial charge is 0.405 e. The molecule has 0 radical (unpaired) electrons. The predicted octanol–water partition coefficient (Wildman–Crippen LogP) is 9.34. The van der Waals surface area contributed by atoms with E-state index in [4.69, 9.17) is 13.3 Å². The lowest BCUT2D eigenvalue weighted by molar-refractivity contribution is -0.658. The van der Waals surface area contributed by atoms with Gasteiger partial charge in [-0.25, -0.2) is 28.7 Å². The molecule has 0 aliphatic carbocycles. The summed E-state index contributed by atoms with van der Waals surface area (Å²) in [6.07, 6.45) is 11.9. The highest BCUT2D eigenvalue weighted by Gasteiger charge is 2.37. The molecule has 15 heteroatoms. The van der Waals surface area contributed by atoms with Crippen LogP contribution in [-0.4, -0.2) is 35.5 Å². The zero-order chi connectivity index (χ0) is 59.5. The summed E-state index contributed by atoms with van der Waals surface area (Å²) in [5, 5.41) is 6.61. The van der Waals surface area contributed by atoms with Gasteiger partial charge in [0.05, 0.1) is 72.3 Å². The van der Waals surface area contributed by atoms with Crippen LogP contribution in [0.15, 0.2) is 202 Å². The first kappa shape index (κ1) is 55.2. The number of anilines is 3. The number of hydrogen-bond acceptors (Lipinski definition) is 9. The van der Waals surface area contributed by atoms with Crippen molar-refractivity contribution < 1.29 is 27.0 Å². The predicted molar refractivity (Wildman–Crippen MR) is 351 cm³/mol. The lowest BCUT2D eigenvalue weighted by atomic mass is 9.60. The summed E-state index contributed by atoms with van der Waals surface area (Å²) in [7, 11) is 6.31. The molecule has 0 N–H and O–H groups in total. The highest BCUT2D eigenvalue weighted by atomic mass is 16.3. The fraction of sp³-hybridized carbons (Fsp3) is 0.155. The molecule has 0 amide bonds. The summed E-state index contributed by atoms with van der Waals surface area (Å²) in [6, 6.07) is 52.7. The van der Waals surface area contributed by atoms with Gasteiger partial charge in [0.1, 0.15) is 16.5 Å². The molecule has 3 aromatic carbocycles. The number of aryl methyl sites for hydroxylation is 5. The van der Waals surface area contributed by atoms with Crippen molar-refractivity contribution in [2.75, 3.05) is 14.4 Å². The van der Waals surface area contributed by atoms with Crippen LogP contribution in [0.2, 0.25) is 20.5 Å². The highest BCUT2D eigenvalue weighted by molar-refractivity contribution is 6.78. The second-order valence-corrected chi connectivity index (χ2v) is 22.8. The third kappa shape index (κ3) is 9.86. The van der Waals surface area contributed by atoms with Crippen LogP contribution in [0, 0.1) is 13.8 Å². The van der Waals surface area contributed by atoms with E-state index in [1.807, 2.05) is 24.3 Å². The van der Waals surface area contributed by atoms with Gasteiger partial charge in [-0.1, -0.05) is 97.0 Å². The van der Waals surface area contributed by atoms with Gasteiger partial charge in [-0.05, 0) is 148 Å². The van der Waals surface area contributed by atoms with Crippen LogP contribution in [0.4, 0.5) is 17.5 Å². The van der Waals surface area contributed by atoms with Crippen molar-refractivity contribution in [3.63, 3.8) is 0 Å². The van der Waals surface area contributed by atoms with Gasteiger partial charge in [0.15, 0.2) is 5.42 Å². The Balaban J connectivity index is 0.000000120. The maximum absolute atomic E-state index is 6.14. The molecule has 12 aromatic rings. The Bertz CT molecular complexity index is 5030. The van der Waals surface area contributed by atoms with Crippen LogP contribution in [0.3, 0.4) is 0 Å². The van der Waals surface area contributed by atoms with E-state index in [2.05, 4.69) is 283 Å². The topological polar surface area (TPSA) is 99.5 Å². The Labute approximate surface area is 501 Å². The van der Waals surface area contributed by atoms with Crippen LogP contribution in [0.25, 0.3) is 102 Å². The highest BCUT2D eigenvalue weighted by Crippen LogP contribution is 2.31. The molecule has 15 rings (SSSR count). The Morgan fingerprint density at radius 3 is 1.41 bits per heavy atom. The standard InChI is InChI=1S/2C24H23BN3O.C23H21BN3O/c1-16-15-27(4)22(13-20(16)18-9-6-5-7-10-18)28-17(2)23-19-11-8-12-26-24(19)29-21(23)14-25(28)3;1-16-13-22(27(4)15-21(16)18-9-6-5-7-10-18)28-17(2)23-20(14-25(28)3)19-11-8-12-26-24(19)29-23;1-16-22-19-10-7-12-25-23(19)28-20(22)15-24(2)27(16)21-14-18(11-13-26(21)3)17-8-5-4-6-9-17/h2*5-15H,1-4H3;4-15H,1-3H3/q3*+1. The Kier molecular flexibility index (Phi) is 14.5. The first-order valence-corrected chi connectivity index (χ1v) is 29.5. The zero-order valence-electron chi connectivity index (χ0n) is 50.6. The first-order chi connectivity index (χ1) is 41.7. The SMILES string of the molecule is CB1C=c2c(oc3ncccc23)=C(C)N1c1cc(C)c(-c2ccccc2)c[n+]1C.CB1C=c2oc3ncccc3c2=C(C)N1c1cc(-c2ccccc2)c(C)c[n+]1C.CB1C=c2oc3ncccc3c2=C(C)N1c1cc(-c2ccccc2)cc[n+]1C. The summed E-state index contributed by atoms with van der Waals surface area (Å²) in [5.74, 6) is 10.1. The summed E-state index contributed by atoms with van der Waals surface area (Å²) < 4.78 is 24.8. The third-order valence-electron chi connectivity index (χ3n) is 17.1. The van der Waals surface area contributed by atoms with Crippen molar-refractivity contribution in [2.24, 2.45) is 21.1 Å². The summed E-state index contributed by atoms with van der Waals surface area (Å²) in [5.41, 5.74) is 18.2. The molecule has 3 aliphatic rings. The number of pyridine rings is 6. The van der Waals surface area contributed by atoms with E-state index in [1.165, 1.54) is 55.9 Å². The van der Waals surface area contributed by atoms with E-state index in [9.17, 15) is 0 Å². The van der Waals surface area contributed by atoms with Crippen LogP contribution in [0.5, 0.6) is 0 Å². The molecule has 0 fully saturated rings. The van der Waals surface area contributed by atoms with Crippen LogP contribution >= 0.6 is 0 Å². The number of rotatable bonds is 6. The molecule has 0 saturated heterocycles. The van der Waals surface area contributed by atoms with Gasteiger partial charge in [0, 0.05) is 53.0 Å². The van der Waals surface area contributed by atoms with Crippen molar-refractivity contribution in [3.8, 4) is 33.4 Å². The number of fused-ring (bicyclic) bond motifs is 9. The molecule has 0 atom stereocenters. The van der Waals surface area contributed by atoms with Crippen molar-refractivity contribution in [3.05, 3.63) is 232 Å². The molecule has 0 bridgehead atoms. The maximum Gasteiger partial charge on any atom is 0.405 e. The minimum Gasteiger partial charge on any atom is -0.439 e. The molecule has 86 heavy (non-hydrogen) atoms. The molecule has 9 aromatic heterocycles. The summed E-state index contributed by atoms with van der Waals surface area (Å²) >= 11 is 0. The minimum absolute atomic E-state index is 0.167. The van der Waals surface area contributed by atoms with Crippen molar-refractivity contribution >= 4 is 106 Å². The fourth-order valence-corrected chi connectivity index (χ4v) is 13.0. The van der Waals surface area contributed by atoms with E-state index >= 15 is 0 Å². The molecule has 0 saturated carbocycles. The quantitative estimate of drug-likeness (QED) is 0.119. The van der Waals surface area contributed by atoms with Gasteiger partial charge < -0.3 is 13.3 Å². The number of hydrogen-bond donors (Lipinski definition) is 0. The van der Waals surface area contributed by atoms with Gasteiger partial charge in [0.2, 0.25) is 17.1 Å². The van der Waals surface area contributed by atoms with E-state index in [0.717, 1.165) is 71.2 Å². The largest absolute Gasteiger partial charge is 0.439 e. The van der Waals surface area contributed by atoms with Gasteiger partial charge in [-0.2, -0.15) is 0 Å². The molecule has 420 valence electrons. The monoisotopic (exact) mass is 1130 g/mol. The summed E-state index contributed by atoms with van der Waals surface area (Å²) in [6.45, 7) is 18.0. The molecular formula is C71H67B3N9O3+3. The number of nitrogens with zero attached hydrogens (tertiary/aromatic N) is 9. The van der Waals surface area contributed by atoms with Crippen molar-refractivity contribution in [1.82, 2.24) is 15.0 Å². The van der Waals surface area contributed by atoms with E-state index in [-0.39, 0.29) is 20.5 Å².